The second-order valence-corrected chi connectivity index (χ2v) is 3.96. The van der Waals surface area contributed by atoms with Gasteiger partial charge in [0.1, 0.15) is 11.5 Å². The van der Waals surface area contributed by atoms with E-state index in [4.69, 9.17) is 5.73 Å². The number of nitrogens with one attached hydrogen (secondary N) is 1. The number of hydrogen-bond donors (Lipinski definition) is 2. The van der Waals surface area contributed by atoms with Crippen LogP contribution in [0.5, 0.6) is 0 Å². The number of aromatic nitrogens is 1. The van der Waals surface area contributed by atoms with Gasteiger partial charge in [-0.2, -0.15) is 0 Å². The third-order valence-electron chi connectivity index (χ3n) is 2.55. The number of nitrogens with zero attached hydrogens (tertiary/aromatic N) is 1. The van der Waals surface area contributed by atoms with Crippen LogP contribution >= 0.6 is 0 Å². The normalized spacial score (nSPS) is 10.4. The van der Waals surface area contributed by atoms with Gasteiger partial charge < -0.3 is 11.1 Å². The molecule has 4 nitrogen and oxygen atoms in total. The molecule has 0 saturated carbocycles. The third kappa shape index (κ3) is 2.94. The van der Waals surface area contributed by atoms with E-state index in [2.05, 4.69) is 10.3 Å². The summed E-state index contributed by atoms with van der Waals surface area (Å²) in [5.41, 5.74) is 5.65. The maximum atomic E-state index is 13.4. The SMILES string of the molecule is NCc1ccc(C(=O)Nc2cc(F)c(F)cc2F)nc1. The number of carbonyl (C=O) groups excluding carboxylic acids is 1. The van der Waals surface area contributed by atoms with Crippen molar-refractivity contribution in [3.05, 3.63) is 59.2 Å². The first-order valence-corrected chi connectivity index (χ1v) is 5.62. The predicted octanol–water partition coefficient (Wildman–Crippen LogP) is 2.21. The van der Waals surface area contributed by atoms with Crippen molar-refractivity contribution in [2.24, 2.45) is 5.73 Å². The summed E-state index contributed by atoms with van der Waals surface area (Å²) in [7, 11) is 0. The Morgan fingerprint density at radius 1 is 1.15 bits per heavy atom. The summed E-state index contributed by atoms with van der Waals surface area (Å²) in [4.78, 5) is 15.6. The molecule has 1 aromatic heterocycles. The van der Waals surface area contributed by atoms with Crippen LogP contribution in [0.15, 0.2) is 30.5 Å². The summed E-state index contributed by atoms with van der Waals surface area (Å²) in [6, 6.07) is 3.91. The van der Waals surface area contributed by atoms with Gasteiger partial charge in [0.05, 0.1) is 5.69 Å². The van der Waals surface area contributed by atoms with Gasteiger partial charge in [-0.1, -0.05) is 6.07 Å². The Kier molecular flexibility index (Phi) is 3.99. The van der Waals surface area contributed by atoms with Gasteiger partial charge in [-0.25, -0.2) is 13.2 Å². The van der Waals surface area contributed by atoms with E-state index in [0.29, 0.717) is 12.1 Å². The van der Waals surface area contributed by atoms with Gasteiger partial charge in [0.2, 0.25) is 0 Å². The quantitative estimate of drug-likeness (QED) is 0.847. The summed E-state index contributed by atoms with van der Waals surface area (Å²) < 4.78 is 39.1. The van der Waals surface area contributed by atoms with Gasteiger partial charge in [0.25, 0.3) is 5.91 Å². The molecule has 2 rings (SSSR count). The van der Waals surface area contributed by atoms with E-state index in [9.17, 15) is 18.0 Å². The van der Waals surface area contributed by atoms with E-state index >= 15 is 0 Å². The zero-order valence-electron chi connectivity index (χ0n) is 10.2. The molecule has 104 valence electrons. The Labute approximate surface area is 112 Å². The fraction of sp³-hybridized carbons (Fsp3) is 0.0769. The zero-order chi connectivity index (χ0) is 14.7. The molecule has 0 fully saturated rings. The molecule has 7 heteroatoms. The number of anilines is 1. The molecular weight excluding hydrogens is 271 g/mol. The minimum Gasteiger partial charge on any atom is -0.326 e. The summed E-state index contributed by atoms with van der Waals surface area (Å²) >= 11 is 0. The smallest absolute Gasteiger partial charge is 0.274 e. The summed E-state index contributed by atoms with van der Waals surface area (Å²) in [5.74, 6) is -4.40. The van der Waals surface area contributed by atoms with E-state index in [-0.39, 0.29) is 12.2 Å². The highest BCUT2D eigenvalue weighted by Gasteiger charge is 2.14. The number of hydrogen-bond acceptors (Lipinski definition) is 3. The van der Waals surface area contributed by atoms with Crippen molar-refractivity contribution in [3.8, 4) is 0 Å². The molecular formula is C13H10F3N3O. The summed E-state index contributed by atoms with van der Waals surface area (Å²) in [6.45, 7) is 0.271. The number of pyridine rings is 1. The Bertz CT molecular complexity index is 644. The van der Waals surface area contributed by atoms with Crippen molar-refractivity contribution in [2.45, 2.75) is 6.54 Å². The Morgan fingerprint density at radius 2 is 1.85 bits per heavy atom. The molecule has 0 radical (unpaired) electrons. The van der Waals surface area contributed by atoms with Gasteiger partial charge in [0.15, 0.2) is 11.6 Å². The lowest BCUT2D eigenvalue weighted by atomic mass is 10.2. The van der Waals surface area contributed by atoms with Crippen molar-refractivity contribution < 1.29 is 18.0 Å². The Hall–Kier alpha value is -2.41. The molecule has 0 atom stereocenters. The fourth-order valence-electron chi connectivity index (χ4n) is 1.48. The first-order valence-electron chi connectivity index (χ1n) is 5.62. The van der Waals surface area contributed by atoms with E-state index in [1.807, 2.05) is 0 Å². The lowest BCUT2D eigenvalue weighted by Crippen LogP contribution is -2.15. The van der Waals surface area contributed by atoms with E-state index in [1.54, 1.807) is 6.07 Å². The molecule has 1 aromatic carbocycles. The van der Waals surface area contributed by atoms with Crippen molar-refractivity contribution in [1.29, 1.82) is 0 Å². The van der Waals surface area contributed by atoms with E-state index in [1.165, 1.54) is 12.3 Å². The van der Waals surface area contributed by atoms with Crippen LogP contribution in [-0.4, -0.2) is 10.9 Å². The topological polar surface area (TPSA) is 68.0 Å². The van der Waals surface area contributed by atoms with Crippen LogP contribution in [0, 0.1) is 17.5 Å². The number of halogens is 3. The van der Waals surface area contributed by atoms with Crippen LogP contribution < -0.4 is 11.1 Å². The predicted molar refractivity (Wildman–Crippen MR) is 66.4 cm³/mol. The van der Waals surface area contributed by atoms with Crippen molar-refractivity contribution in [1.82, 2.24) is 4.98 Å². The van der Waals surface area contributed by atoms with Gasteiger partial charge in [0, 0.05) is 24.9 Å². The van der Waals surface area contributed by atoms with Gasteiger partial charge in [-0.05, 0) is 11.6 Å². The number of benzene rings is 1. The van der Waals surface area contributed by atoms with Crippen LogP contribution in [0.25, 0.3) is 0 Å². The van der Waals surface area contributed by atoms with Crippen molar-refractivity contribution in [2.75, 3.05) is 5.32 Å². The second-order valence-electron chi connectivity index (χ2n) is 3.96. The molecule has 0 spiro atoms. The molecule has 3 N–H and O–H groups in total. The van der Waals surface area contributed by atoms with Gasteiger partial charge in [-0.15, -0.1) is 0 Å². The average molecular weight is 281 g/mol. The monoisotopic (exact) mass is 281 g/mol. The molecule has 20 heavy (non-hydrogen) atoms. The molecule has 0 aliphatic rings. The van der Waals surface area contributed by atoms with Gasteiger partial charge >= 0.3 is 0 Å². The maximum absolute atomic E-state index is 13.4. The van der Waals surface area contributed by atoms with E-state index in [0.717, 1.165) is 5.56 Å². The third-order valence-corrected chi connectivity index (χ3v) is 2.55. The lowest BCUT2D eigenvalue weighted by Gasteiger charge is -2.07. The highest BCUT2D eigenvalue weighted by molar-refractivity contribution is 6.02. The molecule has 2 aromatic rings. The van der Waals surface area contributed by atoms with Crippen molar-refractivity contribution in [3.63, 3.8) is 0 Å². The largest absolute Gasteiger partial charge is 0.326 e. The molecule has 0 aliphatic carbocycles. The lowest BCUT2D eigenvalue weighted by molar-refractivity contribution is 0.102. The maximum Gasteiger partial charge on any atom is 0.274 e. The van der Waals surface area contributed by atoms with Gasteiger partial charge in [-0.3, -0.25) is 9.78 Å². The minimum absolute atomic E-state index is 0.00586. The average Bonchev–Trinajstić information content (AvgIpc) is 2.44. The van der Waals surface area contributed by atoms with Crippen LogP contribution in [-0.2, 0) is 6.54 Å². The summed E-state index contributed by atoms with van der Waals surface area (Å²) in [6.07, 6.45) is 1.40. The highest BCUT2D eigenvalue weighted by atomic mass is 19.2. The summed E-state index contributed by atoms with van der Waals surface area (Å²) in [5, 5.41) is 2.12. The fourth-order valence-corrected chi connectivity index (χ4v) is 1.48. The molecule has 1 amide bonds. The highest BCUT2D eigenvalue weighted by Crippen LogP contribution is 2.19. The zero-order valence-corrected chi connectivity index (χ0v) is 10.2. The van der Waals surface area contributed by atoms with Crippen LogP contribution in [0.3, 0.4) is 0 Å². The van der Waals surface area contributed by atoms with Crippen LogP contribution in [0.1, 0.15) is 16.1 Å². The first kappa shape index (κ1) is 14.0. The Morgan fingerprint density at radius 3 is 2.45 bits per heavy atom. The molecule has 0 bridgehead atoms. The van der Waals surface area contributed by atoms with Crippen LogP contribution in [0.4, 0.5) is 18.9 Å². The van der Waals surface area contributed by atoms with E-state index < -0.39 is 29.0 Å². The standard InChI is InChI=1S/C13H10F3N3O/c14-8-3-10(16)12(4-9(8)15)19-13(20)11-2-1-7(5-17)6-18-11/h1-4,6H,5,17H2,(H,19,20). The number of nitrogens with two attached hydrogens (primary N) is 1. The number of amides is 1. The second kappa shape index (κ2) is 5.70. The molecule has 0 unspecified atom stereocenters. The minimum atomic E-state index is -1.33. The molecule has 1 heterocycles. The molecule has 0 saturated heterocycles. The van der Waals surface area contributed by atoms with Crippen molar-refractivity contribution >= 4 is 11.6 Å². The molecule has 0 aliphatic heterocycles. The van der Waals surface area contributed by atoms with Crippen LogP contribution in [0.2, 0.25) is 0 Å². The number of carbonyl (C=O) groups is 1. The Balaban J connectivity index is 2.20. The first-order chi connectivity index (χ1) is 9.51. The number of rotatable bonds is 3.